The molecule has 0 aliphatic carbocycles. The fourth-order valence-electron chi connectivity index (χ4n) is 2.97. The maximum absolute atomic E-state index is 2.44. The number of hydrogen-bond donors (Lipinski definition) is 0. The molecule has 3 unspecified atom stereocenters. The summed E-state index contributed by atoms with van der Waals surface area (Å²) in [5.41, 5.74) is 0.601. The highest BCUT2D eigenvalue weighted by Crippen LogP contribution is 2.52. The molecule has 1 aliphatic heterocycles. The number of nitrogens with zero attached hydrogens (tertiary/aromatic N) is 1. The predicted octanol–water partition coefficient (Wildman–Crippen LogP) is 2.41. The van der Waals surface area contributed by atoms with Gasteiger partial charge in [0.1, 0.15) is 11.6 Å². The fourth-order valence-corrected chi connectivity index (χ4v) is 2.97. The van der Waals surface area contributed by atoms with E-state index in [0.717, 1.165) is 6.04 Å². The van der Waals surface area contributed by atoms with Gasteiger partial charge in [-0.05, 0) is 13.8 Å². The van der Waals surface area contributed by atoms with Gasteiger partial charge in [-0.15, -0.1) is 0 Å². The van der Waals surface area contributed by atoms with Gasteiger partial charge in [-0.3, -0.25) is 0 Å². The van der Waals surface area contributed by atoms with Crippen LogP contribution < -0.4 is 0 Å². The van der Waals surface area contributed by atoms with Crippen LogP contribution in [0.3, 0.4) is 0 Å². The molecular weight excluding hydrogens is 134 g/mol. The van der Waals surface area contributed by atoms with Crippen molar-refractivity contribution in [3.63, 3.8) is 0 Å². The smallest absolute Gasteiger partial charge is 0.149 e. The second-order valence-electron chi connectivity index (χ2n) is 4.22. The van der Waals surface area contributed by atoms with E-state index in [0.29, 0.717) is 5.54 Å². The summed E-state index contributed by atoms with van der Waals surface area (Å²) in [5.74, 6) is 0. The van der Waals surface area contributed by atoms with E-state index in [-0.39, 0.29) is 0 Å². The van der Waals surface area contributed by atoms with E-state index >= 15 is 0 Å². The Balaban J connectivity index is 2.72. The van der Waals surface area contributed by atoms with Crippen molar-refractivity contribution in [2.45, 2.75) is 52.1 Å². The topological polar surface area (TPSA) is 0 Å². The van der Waals surface area contributed by atoms with Crippen LogP contribution >= 0.6 is 0 Å². The maximum Gasteiger partial charge on any atom is 0.149 e. The molecule has 0 aromatic rings. The van der Waals surface area contributed by atoms with Crippen molar-refractivity contribution in [1.82, 2.24) is 0 Å². The molecule has 1 fully saturated rings. The van der Waals surface area contributed by atoms with Gasteiger partial charge in [0.25, 0.3) is 0 Å². The largest absolute Gasteiger partial charge is 0.309 e. The molecular formula is C10H22N+. The molecule has 0 aromatic carbocycles. The van der Waals surface area contributed by atoms with Crippen LogP contribution in [0, 0.1) is 0 Å². The number of likely N-dealkylation sites (N-methyl/N-ethyl adjacent to an activating group) is 1. The lowest BCUT2D eigenvalue weighted by Crippen LogP contribution is -2.29. The van der Waals surface area contributed by atoms with Gasteiger partial charge in [0.05, 0.1) is 13.6 Å². The van der Waals surface area contributed by atoms with Crippen molar-refractivity contribution in [3.8, 4) is 0 Å². The van der Waals surface area contributed by atoms with Gasteiger partial charge in [0, 0.05) is 12.8 Å². The van der Waals surface area contributed by atoms with E-state index in [1.165, 1.54) is 23.9 Å². The average molecular weight is 156 g/mol. The highest BCUT2D eigenvalue weighted by molar-refractivity contribution is 4.98. The second kappa shape index (κ2) is 2.48. The molecule has 3 atom stereocenters. The third-order valence-electron chi connectivity index (χ3n) is 4.26. The van der Waals surface area contributed by atoms with E-state index in [4.69, 9.17) is 0 Å². The standard InChI is InChI=1S/C10H22N/c1-6-9-10(4,7-2)11(9,5)8-3/h9H,6-8H2,1-5H3/q+1. The average Bonchev–Trinajstić information content (AvgIpc) is 2.51. The summed E-state index contributed by atoms with van der Waals surface area (Å²) in [6.45, 7) is 10.7. The normalized spacial score (nSPS) is 49.4. The second-order valence-corrected chi connectivity index (χ2v) is 4.22. The Bertz CT molecular complexity index is 139. The molecule has 66 valence electrons. The molecule has 0 spiro atoms. The summed E-state index contributed by atoms with van der Waals surface area (Å²) in [6, 6.07) is 0.928. The Morgan fingerprint density at radius 3 is 1.91 bits per heavy atom. The van der Waals surface area contributed by atoms with Crippen molar-refractivity contribution in [2.24, 2.45) is 0 Å². The molecule has 0 amide bonds. The summed E-state index contributed by atoms with van der Waals surface area (Å²) >= 11 is 0. The maximum atomic E-state index is 2.44. The van der Waals surface area contributed by atoms with Crippen LogP contribution in [0.5, 0.6) is 0 Å². The Kier molecular flexibility index (Phi) is 2.04. The monoisotopic (exact) mass is 156 g/mol. The van der Waals surface area contributed by atoms with Gasteiger partial charge in [-0.2, -0.15) is 0 Å². The number of rotatable bonds is 3. The lowest BCUT2D eigenvalue weighted by Gasteiger charge is -2.16. The van der Waals surface area contributed by atoms with Gasteiger partial charge in [-0.1, -0.05) is 13.8 Å². The van der Waals surface area contributed by atoms with Crippen LogP contribution in [0.4, 0.5) is 0 Å². The van der Waals surface area contributed by atoms with E-state index in [1.807, 2.05) is 0 Å². The molecule has 11 heavy (non-hydrogen) atoms. The minimum absolute atomic E-state index is 0.601. The summed E-state index contributed by atoms with van der Waals surface area (Å²) < 4.78 is 1.31. The van der Waals surface area contributed by atoms with E-state index in [1.54, 1.807) is 0 Å². The first-order valence-corrected chi connectivity index (χ1v) is 4.92. The van der Waals surface area contributed by atoms with Gasteiger partial charge in [0.15, 0.2) is 0 Å². The SMILES string of the molecule is CCC1C(C)(CC)[N+]1(C)CC. The van der Waals surface area contributed by atoms with Crippen LogP contribution in [0.2, 0.25) is 0 Å². The highest BCUT2D eigenvalue weighted by atomic mass is 15.6. The van der Waals surface area contributed by atoms with Crippen molar-refractivity contribution >= 4 is 0 Å². The van der Waals surface area contributed by atoms with Crippen LogP contribution in [0.15, 0.2) is 0 Å². The van der Waals surface area contributed by atoms with E-state index in [2.05, 4.69) is 34.7 Å². The Labute approximate surface area is 71.0 Å². The van der Waals surface area contributed by atoms with Gasteiger partial charge < -0.3 is 4.48 Å². The molecule has 1 rings (SSSR count). The number of hydrogen-bond acceptors (Lipinski definition) is 0. The first kappa shape index (κ1) is 9.05. The first-order chi connectivity index (χ1) is 5.06. The molecule has 1 aliphatic rings. The molecule has 1 heterocycles. The van der Waals surface area contributed by atoms with Crippen LogP contribution in [0.1, 0.15) is 40.5 Å². The summed E-state index contributed by atoms with van der Waals surface area (Å²) in [5, 5.41) is 0. The Morgan fingerprint density at radius 2 is 1.82 bits per heavy atom. The summed E-state index contributed by atoms with van der Waals surface area (Å²) in [7, 11) is 2.40. The van der Waals surface area contributed by atoms with Gasteiger partial charge in [0.2, 0.25) is 0 Å². The lowest BCUT2D eigenvalue weighted by atomic mass is 10.0. The van der Waals surface area contributed by atoms with Crippen LogP contribution in [-0.2, 0) is 0 Å². The van der Waals surface area contributed by atoms with Crippen LogP contribution in [0.25, 0.3) is 0 Å². The zero-order valence-corrected chi connectivity index (χ0v) is 8.65. The predicted molar refractivity (Wildman–Crippen MR) is 49.5 cm³/mol. The zero-order chi connectivity index (χ0) is 8.70. The number of quaternary nitrogens is 1. The highest BCUT2D eigenvalue weighted by Gasteiger charge is 2.70. The molecule has 1 saturated heterocycles. The minimum Gasteiger partial charge on any atom is -0.309 e. The molecule has 0 bridgehead atoms. The van der Waals surface area contributed by atoms with Crippen molar-refractivity contribution < 1.29 is 4.48 Å². The Hall–Kier alpha value is -0.0400. The molecule has 1 nitrogen and oxygen atoms in total. The zero-order valence-electron chi connectivity index (χ0n) is 8.65. The van der Waals surface area contributed by atoms with Crippen molar-refractivity contribution in [2.75, 3.05) is 13.6 Å². The molecule has 0 radical (unpaired) electrons. The minimum atomic E-state index is 0.601. The fraction of sp³-hybridized carbons (Fsp3) is 1.00. The molecule has 0 aromatic heterocycles. The third kappa shape index (κ3) is 0.868. The van der Waals surface area contributed by atoms with Gasteiger partial charge in [-0.25, -0.2) is 0 Å². The van der Waals surface area contributed by atoms with Gasteiger partial charge >= 0.3 is 0 Å². The summed E-state index contributed by atoms with van der Waals surface area (Å²) in [4.78, 5) is 0. The molecule has 0 saturated carbocycles. The lowest BCUT2D eigenvalue weighted by molar-refractivity contribution is -0.818. The first-order valence-electron chi connectivity index (χ1n) is 4.92. The Morgan fingerprint density at radius 1 is 1.27 bits per heavy atom. The summed E-state index contributed by atoms with van der Waals surface area (Å²) in [6.07, 6.45) is 2.67. The quantitative estimate of drug-likeness (QED) is 0.435. The van der Waals surface area contributed by atoms with E-state index < -0.39 is 0 Å². The van der Waals surface area contributed by atoms with Crippen molar-refractivity contribution in [3.05, 3.63) is 0 Å². The molecule has 0 N–H and O–H groups in total. The molecule has 1 heteroatoms. The third-order valence-corrected chi connectivity index (χ3v) is 4.26. The van der Waals surface area contributed by atoms with E-state index in [9.17, 15) is 0 Å². The van der Waals surface area contributed by atoms with Crippen molar-refractivity contribution in [1.29, 1.82) is 0 Å². The van der Waals surface area contributed by atoms with Crippen LogP contribution in [-0.4, -0.2) is 29.7 Å².